The van der Waals surface area contributed by atoms with E-state index in [1.54, 1.807) is 0 Å². The van der Waals surface area contributed by atoms with E-state index in [0.717, 1.165) is 22.5 Å². The molecule has 6 heteroatoms. The summed E-state index contributed by atoms with van der Waals surface area (Å²) in [6.45, 7) is 3.90. The van der Waals surface area contributed by atoms with Gasteiger partial charge >= 0.3 is 0 Å². The Labute approximate surface area is 139 Å². The van der Waals surface area contributed by atoms with E-state index >= 15 is 0 Å². The summed E-state index contributed by atoms with van der Waals surface area (Å²) in [5.41, 5.74) is 3.64. The lowest BCUT2D eigenvalue weighted by molar-refractivity contribution is -0.114. The summed E-state index contributed by atoms with van der Waals surface area (Å²) in [7, 11) is 0. The number of hydrogen-bond acceptors (Lipinski definition) is 5. The fraction of sp³-hybridized carbons (Fsp3) is 0.167. The SMILES string of the molecule is CC(=O)Nc1cccc(NCc2nnc(-c3cccc(C)c3)o2)c1. The molecule has 0 radical (unpaired) electrons. The van der Waals surface area contributed by atoms with Gasteiger partial charge in [0.1, 0.15) is 0 Å². The van der Waals surface area contributed by atoms with Crippen LogP contribution in [0.15, 0.2) is 52.9 Å². The molecule has 0 atom stereocenters. The first-order valence-electron chi connectivity index (χ1n) is 7.61. The molecular formula is C18H18N4O2. The number of carbonyl (C=O) groups excluding carboxylic acids is 1. The Kier molecular flexibility index (Phi) is 4.56. The number of aryl methyl sites for hydroxylation is 1. The molecule has 1 aromatic heterocycles. The minimum Gasteiger partial charge on any atom is -0.419 e. The first-order valence-corrected chi connectivity index (χ1v) is 7.61. The molecule has 0 aliphatic heterocycles. The maximum atomic E-state index is 11.1. The first kappa shape index (κ1) is 15.7. The van der Waals surface area contributed by atoms with Gasteiger partial charge in [-0.2, -0.15) is 0 Å². The Hall–Kier alpha value is -3.15. The second-order valence-corrected chi connectivity index (χ2v) is 5.49. The van der Waals surface area contributed by atoms with E-state index in [4.69, 9.17) is 4.42 Å². The summed E-state index contributed by atoms with van der Waals surface area (Å²) in [6, 6.07) is 15.4. The molecule has 0 bridgehead atoms. The van der Waals surface area contributed by atoms with Crippen LogP contribution in [0.5, 0.6) is 0 Å². The summed E-state index contributed by atoms with van der Waals surface area (Å²) >= 11 is 0. The van der Waals surface area contributed by atoms with Gasteiger partial charge in [0.15, 0.2) is 0 Å². The lowest BCUT2D eigenvalue weighted by Crippen LogP contribution is -2.06. The normalized spacial score (nSPS) is 10.4. The van der Waals surface area contributed by atoms with Crippen LogP contribution >= 0.6 is 0 Å². The minimum atomic E-state index is -0.105. The summed E-state index contributed by atoms with van der Waals surface area (Å²) in [5, 5.41) is 14.1. The van der Waals surface area contributed by atoms with E-state index in [2.05, 4.69) is 20.8 Å². The number of benzene rings is 2. The molecule has 0 spiro atoms. The Balaban J connectivity index is 1.66. The maximum absolute atomic E-state index is 11.1. The smallest absolute Gasteiger partial charge is 0.247 e. The highest BCUT2D eigenvalue weighted by atomic mass is 16.4. The van der Waals surface area contributed by atoms with Crippen molar-refractivity contribution in [1.82, 2.24) is 10.2 Å². The zero-order valence-corrected chi connectivity index (χ0v) is 13.5. The third kappa shape index (κ3) is 3.98. The Bertz CT molecular complexity index is 857. The van der Waals surface area contributed by atoms with Crippen molar-refractivity contribution in [2.75, 3.05) is 10.6 Å². The van der Waals surface area contributed by atoms with E-state index in [0.29, 0.717) is 18.3 Å². The van der Waals surface area contributed by atoms with Crippen molar-refractivity contribution >= 4 is 17.3 Å². The molecule has 0 aliphatic carbocycles. The molecule has 0 saturated heterocycles. The van der Waals surface area contributed by atoms with Gasteiger partial charge in [-0.1, -0.05) is 23.8 Å². The lowest BCUT2D eigenvalue weighted by atomic mass is 10.1. The number of hydrogen-bond donors (Lipinski definition) is 2. The van der Waals surface area contributed by atoms with Gasteiger partial charge in [-0.15, -0.1) is 10.2 Å². The molecular weight excluding hydrogens is 304 g/mol. The monoisotopic (exact) mass is 322 g/mol. The van der Waals surface area contributed by atoms with Gasteiger partial charge in [-0.05, 0) is 37.3 Å². The highest BCUT2D eigenvalue weighted by Gasteiger charge is 2.08. The van der Waals surface area contributed by atoms with Gasteiger partial charge in [-0.3, -0.25) is 4.79 Å². The molecule has 6 nitrogen and oxygen atoms in total. The molecule has 122 valence electrons. The van der Waals surface area contributed by atoms with Gasteiger partial charge in [0.2, 0.25) is 17.7 Å². The van der Waals surface area contributed by atoms with Gasteiger partial charge < -0.3 is 15.1 Å². The van der Waals surface area contributed by atoms with Crippen LogP contribution in [0.3, 0.4) is 0 Å². The second kappa shape index (κ2) is 6.95. The largest absolute Gasteiger partial charge is 0.419 e. The van der Waals surface area contributed by atoms with Crippen molar-refractivity contribution in [3.8, 4) is 11.5 Å². The highest BCUT2D eigenvalue weighted by Crippen LogP contribution is 2.20. The summed E-state index contributed by atoms with van der Waals surface area (Å²) < 4.78 is 5.69. The average Bonchev–Trinajstić information content (AvgIpc) is 3.02. The molecule has 0 fully saturated rings. The molecule has 1 amide bonds. The quantitative estimate of drug-likeness (QED) is 0.750. The average molecular weight is 322 g/mol. The standard InChI is InChI=1S/C18H18N4O2/c1-12-5-3-6-14(9-12)18-22-21-17(24-18)11-19-15-7-4-8-16(10-15)20-13(2)23/h3-10,19H,11H2,1-2H3,(H,20,23). The molecule has 24 heavy (non-hydrogen) atoms. The molecule has 3 aromatic rings. The van der Waals surface area contributed by atoms with E-state index in [9.17, 15) is 4.79 Å². The number of rotatable bonds is 5. The van der Waals surface area contributed by atoms with Crippen molar-refractivity contribution in [3.63, 3.8) is 0 Å². The zero-order chi connectivity index (χ0) is 16.9. The fourth-order valence-electron chi connectivity index (χ4n) is 2.31. The van der Waals surface area contributed by atoms with Gasteiger partial charge in [0, 0.05) is 23.9 Å². The Morgan fingerprint density at radius 2 is 1.88 bits per heavy atom. The first-order chi connectivity index (χ1) is 11.6. The number of nitrogens with zero attached hydrogens (tertiary/aromatic N) is 2. The Morgan fingerprint density at radius 1 is 1.08 bits per heavy atom. The van der Waals surface area contributed by atoms with E-state index in [-0.39, 0.29) is 5.91 Å². The van der Waals surface area contributed by atoms with Gasteiger partial charge in [0.05, 0.1) is 6.54 Å². The number of carbonyl (C=O) groups is 1. The zero-order valence-electron chi connectivity index (χ0n) is 13.5. The van der Waals surface area contributed by atoms with Crippen LogP contribution in [-0.4, -0.2) is 16.1 Å². The third-order valence-electron chi connectivity index (χ3n) is 3.36. The number of aromatic nitrogens is 2. The number of anilines is 2. The van der Waals surface area contributed by atoms with E-state index < -0.39 is 0 Å². The Morgan fingerprint density at radius 3 is 2.67 bits per heavy atom. The van der Waals surface area contributed by atoms with Crippen molar-refractivity contribution in [2.24, 2.45) is 0 Å². The van der Waals surface area contributed by atoms with Crippen molar-refractivity contribution in [3.05, 3.63) is 60.0 Å². The molecule has 0 aliphatic rings. The van der Waals surface area contributed by atoms with Gasteiger partial charge in [0.25, 0.3) is 0 Å². The van der Waals surface area contributed by atoms with Crippen LogP contribution < -0.4 is 10.6 Å². The van der Waals surface area contributed by atoms with Crippen molar-refractivity contribution in [1.29, 1.82) is 0 Å². The van der Waals surface area contributed by atoms with Crippen LogP contribution in [0.1, 0.15) is 18.4 Å². The molecule has 2 aromatic carbocycles. The van der Waals surface area contributed by atoms with Crippen molar-refractivity contribution in [2.45, 2.75) is 20.4 Å². The van der Waals surface area contributed by atoms with Crippen LogP contribution in [0.25, 0.3) is 11.5 Å². The maximum Gasteiger partial charge on any atom is 0.247 e. The summed E-state index contributed by atoms with van der Waals surface area (Å²) in [6.07, 6.45) is 0. The molecule has 3 rings (SSSR count). The lowest BCUT2D eigenvalue weighted by Gasteiger charge is -2.06. The van der Waals surface area contributed by atoms with Crippen molar-refractivity contribution < 1.29 is 9.21 Å². The third-order valence-corrected chi connectivity index (χ3v) is 3.36. The fourth-order valence-corrected chi connectivity index (χ4v) is 2.31. The van der Waals surface area contributed by atoms with E-state index in [1.165, 1.54) is 6.92 Å². The summed E-state index contributed by atoms with van der Waals surface area (Å²) in [5.74, 6) is 0.894. The van der Waals surface area contributed by atoms with Crippen LogP contribution in [0, 0.1) is 6.92 Å². The van der Waals surface area contributed by atoms with Gasteiger partial charge in [-0.25, -0.2) is 0 Å². The van der Waals surface area contributed by atoms with Crippen LogP contribution in [0.4, 0.5) is 11.4 Å². The predicted molar refractivity (Wildman–Crippen MR) is 92.5 cm³/mol. The van der Waals surface area contributed by atoms with Crippen LogP contribution in [0.2, 0.25) is 0 Å². The molecule has 1 heterocycles. The number of amides is 1. The molecule has 0 saturated carbocycles. The second-order valence-electron chi connectivity index (χ2n) is 5.49. The molecule has 0 unspecified atom stereocenters. The summed E-state index contributed by atoms with van der Waals surface area (Å²) in [4.78, 5) is 11.1. The predicted octanol–water partition coefficient (Wildman–Crippen LogP) is 3.62. The number of nitrogens with one attached hydrogen (secondary N) is 2. The topological polar surface area (TPSA) is 80.0 Å². The van der Waals surface area contributed by atoms with Crippen LogP contribution in [-0.2, 0) is 11.3 Å². The van der Waals surface area contributed by atoms with E-state index in [1.807, 2.05) is 55.5 Å². The minimum absolute atomic E-state index is 0.105. The molecule has 2 N–H and O–H groups in total. The highest BCUT2D eigenvalue weighted by molar-refractivity contribution is 5.89.